The zero-order valence-electron chi connectivity index (χ0n) is 13.6. The van der Waals surface area contributed by atoms with Crippen molar-refractivity contribution in [2.45, 2.75) is 0 Å². The molecule has 0 radical (unpaired) electrons. The van der Waals surface area contributed by atoms with Gasteiger partial charge in [0.2, 0.25) is 0 Å². The maximum Gasteiger partial charge on any atom is 0.153 e. The lowest BCUT2D eigenvalue weighted by molar-refractivity contribution is 0.629. The summed E-state index contributed by atoms with van der Waals surface area (Å²) in [6.07, 6.45) is 5.56. The Hall–Kier alpha value is -2.70. The molecule has 0 saturated carbocycles. The minimum atomic E-state index is -0.250. The molecular weight excluding hydrogens is 371 g/mol. The Bertz CT molecular complexity index is 1280. The highest BCUT2D eigenvalue weighted by Gasteiger charge is 2.16. The topological polar surface area (TPSA) is 46.5 Å². The molecule has 5 rings (SSSR count). The Morgan fingerprint density at radius 2 is 2.08 bits per heavy atom. The van der Waals surface area contributed by atoms with E-state index in [0.29, 0.717) is 5.15 Å². The molecule has 0 amide bonds. The molecular formula is C19H12ClFN4S. The van der Waals surface area contributed by atoms with Gasteiger partial charge in [0.05, 0.1) is 11.2 Å². The number of aromatic nitrogens is 4. The molecule has 7 heteroatoms. The molecule has 0 aliphatic carbocycles. The van der Waals surface area contributed by atoms with Crippen LogP contribution in [0.25, 0.3) is 43.6 Å². The first-order valence-corrected chi connectivity index (χ1v) is 9.20. The molecule has 0 unspecified atom stereocenters. The molecule has 4 nitrogen and oxygen atoms in total. The number of benzene rings is 1. The summed E-state index contributed by atoms with van der Waals surface area (Å²) in [6, 6.07) is 6.74. The molecule has 4 heterocycles. The monoisotopic (exact) mass is 382 g/mol. The average Bonchev–Trinajstić information content (AvgIpc) is 3.32. The number of rotatable bonds is 2. The Kier molecular flexibility index (Phi) is 3.38. The van der Waals surface area contributed by atoms with Gasteiger partial charge in [-0.1, -0.05) is 11.6 Å². The van der Waals surface area contributed by atoms with Gasteiger partial charge in [-0.2, -0.15) is 0 Å². The van der Waals surface area contributed by atoms with Crippen LogP contribution in [0, 0.1) is 5.82 Å². The van der Waals surface area contributed by atoms with Gasteiger partial charge in [-0.15, -0.1) is 11.3 Å². The number of pyridine rings is 1. The van der Waals surface area contributed by atoms with Gasteiger partial charge in [0, 0.05) is 58.4 Å². The first-order valence-electron chi connectivity index (χ1n) is 7.94. The van der Waals surface area contributed by atoms with Crippen molar-refractivity contribution in [3.63, 3.8) is 0 Å². The Morgan fingerprint density at radius 3 is 2.96 bits per heavy atom. The molecule has 0 atom stereocenters. The summed E-state index contributed by atoms with van der Waals surface area (Å²) >= 11 is 7.68. The van der Waals surface area contributed by atoms with E-state index in [1.807, 2.05) is 35.5 Å². The van der Waals surface area contributed by atoms with Crippen LogP contribution in [0.1, 0.15) is 0 Å². The SMILES string of the molecule is Cn1cc(-c2nc(-c3c[nH]c4c(Cl)nccc34)cs2)c2cc(F)ccc21. The fourth-order valence-electron chi connectivity index (χ4n) is 3.29. The molecule has 0 bridgehead atoms. The second-order valence-electron chi connectivity index (χ2n) is 6.08. The highest BCUT2D eigenvalue weighted by molar-refractivity contribution is 7.13. The van der Waals surface area contributed by atoms with Gasteiger partial charge >= 0.3 is 0 Å². The van der Waals surface area contributed by atoms with Crippen LogP contribution >= 0.6 is 22.9 Å². The number of aryl methyl sites for hydroxylation is 1. The van der Waals surface area contributed by atoms with E-state index in [1.165, 1.54) is 17.4 Å². The summed E-state index contributed by atoms with van der Waals surface area (Å²) in [7, 11) is 1.95. The van der Waals surface area contributed by atoms with E-state index in [1.54, 1.807) is 18.3 Å². The molecule has 26 heavy (non-hydrogen) atoms. The number of fused-ring (bicyclic) bond motifs is 2. The molecule has 0 spiro atoms. The molecule has 4 aromatic heterocycles. The zero-order chi connectivity index (χ0) is 17.8. The van der Waals surface area contributed by atoms with Crippen LogP contribution < -0.4 is 0 Å². The van der Waals surface area contributed by atoms with E-state index < -0.39 is 0 Å². The van der Waals surface area contributed by atoms with Crippen LogP contribution in [0.4, 0.5) is 4.39 Å². The summed E-state index contributed by atoms with van der Waals surface area (Å²) in [5.74, 6) is -0.250. The van der Waals surface area contributed by atoms with Crippen molar-refractivity contribution in [2.75, 3.05) is 0 Å². The van der Waals surface area contributed by atoms with Crippen LogP contribution in [0.5, 0.6) is 0 Å². The molecule has 0 fully saturated rings. The smallest absolute Gasteiger partial charge is 0.153 e. The summed E-state index contributed by atoms with van der Waals surface area (Å²) in [6.45, 7) is 0. The third-order valence-corrected chi connectivity index (χ3v) is 5.68. The molecule has 1 N–H and O–H groups in total. The lowest BCUT2D eigenvalue weighted by atomic mass is 10.1. The van der Waals surface area contributed by atoms with Crippen LogP contribution in [-0.4, -0.2) is 19.5 Å². The van der Waals surface area contributed by atoms with E-state index in [9.17, 15) is 4.39 Å². The third-order valence-electron chi connectivity index (χ3n) is 4.52. The molecule has 0 aliphatic rings. The first kappa shape index (κ1) is 15.5. The maximum absolute atomic E-state index is 13.7. The van der Waals surface area contributed by atoms with Crippen molar-refractivity contribution < 1.29 is 4.39 Å². The normalized spacial score (nSPS) is 11.7. The van der Waals surface area contributed by atoms with E-state index in [4.69, 9.17) is 16.6 Å². The van der Waals surface area contributed by atoms with Gasteiger partial charge in [0.25, 0.3) is 0 Å². The number of H-pyrrole nitrogens is 1. The quantitative estimate of drug-likeness (QED) is 0.402. The standard InChI is InChI=1S/C19H12ClFN4S/c1-25-8-14(12-6-10(21)2-3-16(12)25)19-24-15(9-26-19)13-7-23-17-11(13)4-5-22-18(17)20/h2-9,23H,1H3. The van der Waals surface area contributed by atoms with E-state index >= 15 is 0 Å². The summed E-state index contributed by atoms with van der Waals surface area (Å²) in [4.78, 5) is 12.0. The van der Waals surface area contributed by atoms with Crippen molar-refractivity contribution in [2.24, 2.45) is 7.05 Å². The second kappa shape index (κ2) is 5.65. The minimum absolute atomic E-state index is 0.250. The van der Waals surface area contributed by atoms with Gasteiger partial charge in [0.15, 0.2) is 5.15 Å². The molecule has 0 saturated heterocycles. The van der Waals surface area contributed by atoms with Crippen molar-refractivity contribution >= 4 is 44.7 Å². The van der Waals surface area contributed by atoms with E-state index in [2.05, 4.69) is 9.97 Å². The van der Waals surface area contributed by atoms with Gasteiger partial charge in [-0.3, -0.25) is 0 Å². The predicted octanol–water partition coefficient (Wildman–Crippen LogP) is 5.64. The Morgan fingerprint density at radius 1 is 1.19 bits per heavy atom. The van der Waals surface area contributed by atoms with Crippen LogP contribution in [0.2, 0.25) is 5.15 Å². The average molecular weight is 383 g/mol. The first-order chi connectivity index (χ1) is 12.6. The number of hydrogen-bond acceptors (Lipinski definition) is 3. The highest BCUT2D eigenvalue weighted by Crippen LogP contribution is 2.37. The minimum Gasteiger partial charge on any atom is -0.358 e. The van der Waals surface area contributed by atoms with E-state index in [0.717, 1.165) is 43.6 Å². The lowest BCUT2D eigenvalue weighted by Gasteiger charge is -1.96. The van der Waals surface area contributed by atoms with Crippen molar-refractivity contribution in [3.05, 3.63) is 59.2 Å². The predicted molar refractivity (Wildman–Crippen MR) is 104 cm³/mol. The zero-order valence-corrected chi connectivity index (χ0v) is 15.2. The fourth-order valence-corrected chi connectivity index (χ4v) is 4.34. The largest absolute Gasteiger partial charge is 0.358 e. The summed E-state index contributed by atoms with van der Waals surface area (Å²) < 4.78 is 15.7. The summed E-state index contributed by atoms with van der Waals surface area (Å²) in [5.41, 5.74) is 4.52. The van der Waals surface area contributed by atoms with Gasteiger partial charge in [-0.25, -0.2) is 14.4 Å². The molecule has 0 aliphatic heterocycles. The van der Waals surface area contributed by atoms with E-state index in [-0.39, 0.29) is 5.82 Å². The highest BCUT2D eigenvalue weighted by atomic mass is 35.5. The fraction of sp³-hybridized carbons (Fsp3) is 0.0526. The van der Waals surface area contributed by atoms with Gasteiger partial charge in [0.1, 0.15) is 10.8 Å². The van der Waals surface area contributed by atoms with Crippen molar-refractivity contribution in [1.82, 2.24) is 19.5 Å². The van der Waals surface area contributed by atoms with Gasteiger partial charge < -0.3 is 9.55 Å². The Labute approximate surface area is 156 Å². The molecule has 1 aromatic carbocycles. The number of nitrogens with zero attached hydrogens (tertiary/aromatic N) is 3. The van der Waals surface area contributed by atoms with Crippen LogP contribution in [0.3, 0.4) is 0 Å². The third kappa shape index (κ3) is 2.26. The molecule has 128 valence electrons. The molecule has 5 aromatic rings. The van der Waals surface area contributed by atoms with Crippen molar-refractivity contribution in [3.8, 4) is 21.8 Å². The van der Waals surface area contributed by atoms with Crippen LogP contribution in [-0.2, 0) is 7.05 Å². The van der Waals surface area contributed by atoms with Gasteiger partial charge in [-0.05, 0) is 24.3 Å². The Balaban J connectivity index is 1.67. The number of halogens is 2. The second-order valence-corrected chi connectivity index (χ2v) is 7.30. The number of thiazole rings is 1. The number of nitrogens with one attached hydrogen (secondary N) is 1. The maximum atomic E-state index is 13.7. The van der Waals surface area contributed by atoms with Crippen molar-refractivity contribution in [1.29, 1.82) is 0 Å². The van der Waals surface area contributed by atoms with Crippen LogP contribution in [0.15, 0.2) is 48.2 Å². The lowest BCUT2D eigenvalue weighted by Crippen LogP contribution is -1.83. The summed E-state index contributed by atoms with van der Waals surface area (Å²) in [5, 5.41) is 5.13. The number of aromatic amines is 1. The number of hydrogen-bond donors (Lipinski definition) is 1.